The highest BCUT2D eigenvalue weighted by molar-refractivity contribution is 5.44. The molecule has 0 radical (unpaired) electrons. The summed E-state index contributed by atoms with van der Waals surface area (Å²) in [6.07, 6.45) is 2.46. The van der Waals surface area contributed by atoms with Crippen LogP contribution in [0.1, 0.15) is 6.42 Å². The van der Waals surface area contributed by atoms with Crippen molar-refractivity contribution in [3.05, 3.63) is 0 Å². The first-order valence-corrected chi connectivity index (χ1v) is 11.0. The Morgan fingerprint density at radius 3 is 1.37 bits per heavy atom. The second kappa shape index (κ2) is 5.67. The molecule has 6 heteroatoms. The topological polar surface area (TPSA) is 55.4 Å². The van der Waals surface area contributed by atoms with Crippen LogP contribution in [0.25, 0.3) is 0 Å². The Morgan fingerprint density at radius 1 is 0.519 bits per heavy atom. The average molecular weight is 378 g/mol. The third-order valence-corrected chi connectivity index (χ3v) is 9.60. The molecule has 4 bridgehead atoms. The minimum Gasteiger partial charge on any atom is -0.378 e. The van der Waals surface area contributed by atoms with E-state index in [0.29, 0.717) is 75.9 Å². The maximum atomic E-state index is 6.56. The molecule has 8 fully saturated rings. The van der Waals surface area contributed by atoms with Crippen molar-refractivity contribution in [2.45, 2.75) is 18.6 Å². The molecular formula is C21H30O6. The first-order valence-electron chi connectivity index (χ1n) is 11.0. The summed E-state index contributed by atoms with van der Waals surface area (Å²) >= 11 is 0. The third-order valence-electron chi connectivity index (χ3n) is 9.60. The second-order valence-corrected chi connectivity index (χ2v) is 9.74. The van der Waals surface area contributed by atoms with Gasteiger partial charge in [0.05, 0.1) is 78.3 Å². The van der Waals surface area contributed by atoms with Crippen LogP contribution in [-0.4, -0.2) is 78.3 Å². The van der Waals surface area contributed by atoms with E-state index < -0.39 is 0 Å². The average Bonchev–Trinajstić information content (AvgIpc) is 3.37. The summed E-state index contributed by atoms with van der Waals surface area (Å²) in [6, 6.07) is 0. The SMILES string of the molecule is C1COCCOCC23C4CC5C6C7OC(C64)C2C7C53COCCOCCO1. The Bertz CT molecular complexity index is 570. The lowest BCUT2D eigenvalue weighted by atomic mass is 9.40. The molecule has 8 rings (SSSR count). The van der Waals surface area contributed by atoms with Gasteiger partial charge in [-0.25, -0.2) is 0 Å². The van der Waals surface area contributed by atoms with E-state index in [4.69, 9.17) is 28.4 Å². The van der Waals surface area contributed by atoms with Crippen molar-refractivity contribution < 1.29 is 28.4 Å². The molecule has 5 saturated carbocycles. The van der Waals surface area contributed by atoms with Crippen LogP contribution in [0, 0.1) is 46.3 Å². The van der Waals surface area contributed by atoms with Crippen LogP contribution in [0.5, 0.6) is 0 Å². The standard InChI is InChI=1S/C21H30O6/c1-3-23-5-7-25-10-20-12-9-13-15-14(12)18-16(20)17(19(15)27-18)21(13,20)11-26-8-6-24-4-2-22-1/h12-19H,1-11H2. The van der Waals surface area contributed by atoms with E-state index in [1.165, 1.54) is 6.42 Å². The summed E-state index contributed by atoms with van der Waals surface area (Å²) in [6.45, 7) is 6.89. The Kier molecular flexibility index (Phi) is 3.48. The van der Waals surface area contributed by atoms with Crippen molar-refractivity contribution in [3.63, 3.8) is 0 Å². The van der Waals surface area contributed by atoms with E-state index in [0.717, 1.165) is 48.7 Å². The molecule has 3 heterocycles. The monoisotopic (exact) mass is 378 g/mol. The van der Waals surface area contributed by atoms with Crippen molar-refractivity contribution in [1.29, 1.82) is 0 Å². The number of ether oxygens (including phenoxy) is 6. The molecule has 150 valence electrons. The lowest BCUT2D eigenvalue weighted by molar-refractivity contribution is -0.235. The summed E-state index contributed by atoms with van der Waals surface area (Å²) < 4.78 is 35.9. The van der Waals surface area contributed by atoms with Crippen LogP contribution in [0.3, 0.4) is 0 Å². The van der Waals surface area contributed by atoms with Gasteiger partial charge in [0.25, 0.3) is 0 Å². The summed E-state index contributed by atoms with van der Waals surface area (Å²) in [5, 5.41) is 0. The molecule has 8 aliphatic rings. The summed E-state index contributed by atoms with van der Waals surface area (Å²) in [7, 11) is 0. The number of hydrogen-bond donors (Lipinski definition) is 0. The van der Waals surface area contributed by atoms with E-state index in [-0.39, 0.29) is 0 Å². The molecule has 0 N–H and O–H groups in total. The summed E-state index contributed by atoms with van der Waals surface area (Å²) in [5.41, 5.74) is 0.634. The van der Waals surface area contributed by atoms with Crippen molar-refractivity contribution >= 4 is 0 Å². The molecular weight excluding hydrogens is 348 g/mol. The fourth-order valence-electron chi connectivity index (χ4n) is 9.42. The van der Waals surface area contributed by atoms with Gasteiger partial charge >= 0.3 is 0 Å². The van der Waals surface area contributed by atoms with Gasteiger partial charge in [0.15, 0.2) is 0 Å². The molecule has 5 aliphatic carbocycles. The minimum atomic E-state index is 0.317. The molecule has 0 aromatic carbocycles. The second-order valence-electron chi connectivity index (χ2n) is 9.74. The van der Waals surface area contributed by atoms with Crippen molar-refractivity contribution in [2.75, 3.05) is 66.1 Å². The zero-order valence-electron chi connectivity index (χ0n) is 15.8. The van der Waals surface area contributed by atoms with Crippen molar-refractivity contribution in [3.8, 4) is 0 Å². The lowest BCUT2D eigenvalue weighted by Crippen LogP contribution is -2.67. The minimum absolute atomic E-state index is 0.317. The molecule has 0 amide bonds. The highest BCUT2D eigenvalue weighted by atomic mass is 16.6. The van der Waals surface area contributed by atoms with E-state index >= 15 is 0 Å². The molecule has 10 atom stereocenters. The van der Waals surface area contributed by atoms with Gasteiger partial charge in [-0.2, -0.15) is 0 Å². The van der Waals surface area contributed by atoms with Gasteiger partial charge in [-0.3, -0.25) is 0 Å². The Morgan fingerprint density at radius 2 is 0.926 bits per heavy atom. The van der Waals surface area contributed by atoms with Crippen LogP contribution < -0.4 is 0 Å². The van der Waals surface area contributed by atoms with Gasteiger partial charge in [-0.15, -0.1) is 0 Å². The van der Waals surface area contributed by atoms with E-state index in [2.05, 4.69) is 0 Å². The van der Waals surface area contributed by atoms with Gasteiger partial charge in [-0.1, -0.05) is 0 Å². The van der Waals surface area contributed by atoms with Crippen LogP contribution in [0.4, 0.5) is 0 Å². The maximum absolute atomic E-state index is 6.56. The maximum Gasteiger partial charge on any atom is 0.0701 e. The zero-order chi connectivity index (χ0) is 17.6. The summed E-state index contributed by atoms with van der Waals surface area (Å²) in [4.78, 5) is 0. The van der Waals surface area contributed by atoms with E-state index in [1.807, 2.05) is 0 Å². The molecule has 3 saturated heterocycles. The Hall–Kier alpha value is -0.240. The Labute approximate surface area is 160 Å². The smallest absolute Gasteiger partial charge is 0.0701 e. The van der Waals surface area contributed by atoms with Crippen LogP contribution in [0.2, 0.25) is 0 Å². The fraction of sp³-hybridized carbons (Fsp3) is 1.00. The molecule has 0 aromatic heterocycles. The molecule has 0 aromatic rings. The largest absolute Gasteiger partial charge is 0.378 e. The van der Waals surface area contributed by atoms with Gasteiger partial charge in [0.2, 0.25) is 0 Å². The highest BCUT2D eigenvalue weighted by Crippen LogP contribution is 2.96. The molecule has 27 heavy (non-hydrogen) atoms. The quantitative estimate of drug-likeness (QED) is 0.626. The Balaban J connectivity index is 1.14. The zero-order valence-corrected chi connectivity index (χ0v) is 15.8. The highest BCUT2D eigenvalue weighted by Gasteiger charge is 2.99. The molecule has 2 spiro atoms. The normalized spacial score (nSPS) is 61.3. The first-order chi connectivity index (χ1) is 13.4. The lowest BCUT2D eigenvalue weighted by Gasteiger charge is -2.64. The van der Waals surface area contributed by atoms with E-state index in [1.54, 1.807) is 0 Å². The van der Waals surface area contributed by atoms with Gasteiger partial charge < -0.3 is 28.4 Å². The number of rotatable bonds is 0. The summed E-state index contributed by atoms with van der Waals surface area (Å²) in [5.74, 6) is 4.73. The van der Waals surface area contributed by atoms with Gasteiger partial charge in [0, 0.05) is 22.7 Å². The van der Waals surface area contributed by atoms with Gasteiger partial charge in [-0.05, 0) is 30.1 Å². The third kappa shape index (κ3) is 1.69. The van der Waals surface area contributed by atoms with Crippen molar-refractivity contribution in [2.24, 2.45) is 46.3 Å². The molecule has 6 nitrogen and oxygen atoms in total. The predicted molar refractivity (Wildman–Crippen MR) is 93.2 cm³/mol. The van der Waals surface area contributed by atoms with Crippen molar-refractivity contribution in [1.82, 2.24) is 0 Å². The van der Waals surface area contributed by atoms with E-state index in [9.17, 15) is 0 Å². The van der Waals surface area contributed by atoms with Crippen LogP contribution >= 0.6 is 0 Å². The molecule has 3 aliphatic heterocycles. The van der Waals surface area contributed by atoms with Gasteiger partial charge in [0.1, 0.15) is 0 Å². The fourth-order valence-corrected chi connectivity index (χ4v) is 9.42. The molecule has 10 unspecified atom stereocenters. The van der Waals surface area contributed by atoms with Crippen LogP contribution in [-0.2, 0) is 28.4 Å². The number of hydrogen-bond acceptors (Lipinski definition) is 6. The predicted octanol–water partition coefficient (Wildman–Crippen LogP) is 0.979. The van der Waals surface area contributed by atoms with Crippen LogP contribution in [0.15, 0.2) is 0 Å². The first kappa shape index (κ1) is 16.5.